The van der Waals surface area contributed by atoms with Gasteiger partial charge in [0, 0.05) is 13.1 Å². The van der Waals surface area contributed by atoms with Crippen LogP contribution in [0.1, 0.15) is 56.4 Å². The Morgan fingerprint density at radius 2 is 2.00 bits per heavy atom. The third-order valence-electron chi connectivity index (χ3n) is 4.29. The molecule has 1 aliphatic carbocycles. The van der Waals surface area contributed by atoms with Gasteiger partial charge in [-0.25, -0.2) is 0 Å². The Balaban J connectivity index is 1.92. The number of nitrogens with one attached hydrogen (secondary N) is 2. The highest BCUT2D eigenvalue weighted by Crippen LogP contribution is 2.40. The van der Waals surface area contributed by atoms with Gasteiger partial charge in [-0.1, -0.05) is 19.8 Å². The summed E-state index contributed by atoms with van der Waals surface area (Å²) in [7, 11) is 0. The summed E-state index contributed by atoms with van der Waals surface area (Å²) in [5.74, 6) is 0.574. The van der Waals surface area contributed by atoms with Gasteiger partial charge in [-0.05, 0) is 43.7 Å². The number of amides is 1. The van der Waals surface area contributed by atoms with E-state index in [1.165, 1.54) is 32.1 Å². The lowest BCUT2D eigenvalue weighted by molar-refractivity contribution is 0.0950. The van der Waals surface area contributed by atoms with Gasteiger partial charge in [-0.3, -0.25) is 4.79 Å². The smallest absolute Gasteiger partial charge is 0.271 e. The first-order valence-electron chi connectivity index (χ1n) is 7.55. The lowest BCUT2D eigenvalue weighted by Crippen LogP contribution is -2.27. The van der Waals surface area contributed by atoms with E-state index in [1.807, 2.05) is 13.0 Å². The van der Waals surface area contributed by atoms with Crippen molar-refractivity contribution in [2.75, 3.05) is 18.4 Å². The number of aromatic nitrogens is 2. The average molecular weight is 276 g/mol. The molecule has 5 heteroatoms. The summed E-state index contributed by atoms with van der Waals surface area (Å²) >= 11 is 0. The Morgan fingerprint density at radius 1 is 1.25 bits per heavy atom. The fourth-order valence-electron chi connectivity index (χ4n) is 2.86. The zero-order valence-electron chi connectivity index (χ0n) is 12.4. The normalized spacial score (nSPS) is 16.9. The molecular formula is C15H24N4O. The summed E-state index contributed by atoms with van der Waals surface area (Å²) in [5, 5.41) is 14.1. The van der Waals surface area contributed by atoms with Crippen molar-refractivity contribution >= 4 is 11.7 Å². The molecule has 5 nitrogen and oxygen atoms in total. The summed E-state index contributed by atoms with van der Waals surface area (Å²) in [6, 6.07) is 3.55. The summed E-state index contributed by atoms with van der Waals surface area (Å²) in [6.07, 6.45) is 6.45. The minimum absolute atomic E-state index is 0.174. The van der Waals surface area contributed by atoms with Crippen LogP contribution in [0.4, 0.5) is 5.82 Å². The van der Waals surface area contributed by atoms with Gasteiger partial charge in [0.2, 0.25) is 0 Å². The third-order valence-corrected chi connectivity index (χ3v) is 4.29. The van der Waals surface area contributed by atoms with Crippen molar-refractivity contribution in [3.05, 3.63) is 17.8 Å². The molecule has 1 aromatic heterocycles. The number of carbonyl (C=O) groups excluding carboxylic acids is 1. The zero-order chi connectivity index (χ0) is 14.4. The molecule has 2 rings (SSSR count). The predicted octanol–water partition coefficient (Wildman–Crippen LogP) is 2.61. The maximum absolute atomic E-state index is 11.6. The van der Waals surface area contributed by atoms with E-state index in [9.17, 15) is 4.79 Å². The van der Waals surface area contributed by atoms with Crippen LogP contribution in [-0.4, -0.2) is 29.2 Å². The summed E-state index contributed by atoms with van der Waals surface area (Å²) in [4.78, 5) is 11.6. The molecule has 0 bridgehead atoms. The summed E-state index contributed by atoms with van der Waals surface area (Å²) < 4.78 is 0. The summed E-state index contributed by atoms with van der Waals surface area (Å²) in [6.45, 7) is 5.68. The monoisotopic (exact) mass is 276 g/mol. The molecule has 0 aromatic carbocycles. The van der Waals surface area contributed by atoms with Gasteiger partial charge in [0.25, 0.3) is 5.91 Å². The van der Waals surface area contributed by atoms with Crippen LogP contribution in [-0.2, 0) is 0 Å². The molecular weight excluding hydrogens is 252 g/mol. The standard InChI is InChI=1S/C15H24N4O/c1-3-15(9-5-6-10-15)11-17-13-8-7-12(18-19-13)14(20)16-4-2/h7-8H,3-6,9-11H2,1-2H3,(H,16,20)(H,17,19). The number of hydrogen-bond donors (Lipinski definition) is 2. The molecule has 0 atom stereocenters. The van der Waals surface area contributed by atoms with Gasteiger partial charge in [-0.15, -0.1) is 10.2 Å². The molecule has 1 amide bonds. The molecule has 1 saturated carbocycles. The van der Waals surface area contributed by atoms with Gasteiger partial charge in [-0.2, -0.15) is 0 Å². The van der Waals surface area contributed by atoms with E-state index in [0.717, 1.165) is 12.4 Å². The van der Waals surface area contributed by atoms with Gasteiger partial charge < -0.3 is 10.6 Å². The van der Waals surface area contributed by atoms with Crippen LogP contribution in [0.15, 0.2) is 12.1 Å². The lowest BCUT2D eigenvalue weighted by atomic mass is 9.83. The van der Waals surface area contributed by atoms with Crippen LogP contribution in [0, 0.1) is 5.41 Å². The zero-order valence-corrected chi connectivity index (χ0v) is 12.4. The van der Waals surface area contributed by atoms with Crippen LogP contribution in [0.5, 0.6) is 0 Å². The van der Waals surface area contributed by atoms with E-state index < -0.39 is 0 Å². The molecule has 1 heterocycles. The predicted molar refractivity (Wildman–Crippen MR) is 79.7 cm³/mol. The quantitative estimate of drug-likeness (QED) is 0.838. The summed E-state index contributed by atoms with van der Waals surface area (Å²) in [5.41, 5.74) is 0.781. The second-order valence-corrected chi connectivity index (χ2v) is 5.58. The minimum Gasteiger partial charge on any atom is -0.368 e. The first-order valence-corrected chi connectivity index (χ1v) is 7.55. The van der Waals surface area contributed by atoms with Crippen molar-refractivity contribution in [3.8, 4) is 0 Å². The Hall–Kier alpha value is -1.65. The first-order chi connectivity index (χ1) is 9.69. The number of rotatable bonds is 6. The molecule has 0 aliphatic heterocycles. The highest BCUT2D eigenvalue weighted by molar-refractivity contribution is 5.92. The topological polar surface area (TPSA) is 66.9 Å². The third kappa shape index (κ3) is 3.46. The second kappa shape index (κ2) is 6.68. The van der Waals surface area contributed by atoms with Crippen LogP contribution in [0.25, 0.3) is 0 Å². The van der Waals surface area contributed by atoms with E-state index in [4.69, 9.17) is 0 Å². The van der Waals surface area contributed by atoms with Crippen molar-refractivity contribution in [3.63, 3.8) is 0 Å². The van der Waals surface area contributed by atoms with E-state index in [1.54, 1.807) is 6.07 Å². The van der Waals surface area contributed by atoms with Crippen molar-refractivity contribution < 1.29 is 4.79 Å². The molecule has 2 N–H and O–H groups in total. The van der Waals surface area contributed by atoms with Crippen LogP contribution >= 0.6 is 0 Å². The Morgan fingerprint density at radius 3 is 2.55 bits per heavy atom. The largest absolute Gasteiger partial charge is 0.368 e. The molecule has 20 heavy (non-hydrogen) atoms. The Labute approximate surface area is 120 Å². The molecule has 110 valence electrons. The SMILES string of the molecule is CCNC(=O)c1ccc(NCC2(CC)CCCC2)nn1. The first kappa shape index (κ1) is 14.8. The molecule has 0 unspecified atom stereocenters. The Bertz CT molecular complexity index is 438. The van der Waals surface area contributed by atoms with Gasteiger partial charge >= 0.3 is 0 Å². The average Bonchev–Trinajstić information content (AvgIpc) is 2.95. The number of anilines is 1. The van der Waals surface area contributed by atoms with Crippen LogP contribution < -0.4 is 10.6 Å². The molecule has 0 spiro atoms. The highest BCUT2D eigenvalue weighted by atomic mass is 16.1. The van der Waals surface area contributed by atoms with E-state index in [-0.39, 0.29) is 5.91 Å². The van der Waals surface area contributed by atoms with Crippen molar-refractivity contribution in [2.45, 2.75) is 46.0 Å². The fraction of sp³-hybridized carbons (Fsp3) is 0.667. The van der Waals surface area contributed by atoms with E-state index in [0.29, 0.717) is 17.7 Å². The molecule has 1 aromatic rings. The van der Waals surface area contributed by atoms with E-state index >= 15 is 0 Å². The number of hydrogen-bond acceptors (Lipinski definition) is 4. The maximum Gasteiger partial charge on any atom is 0.271 e. The van der Waals surface area contributed by atoms with Crippen LogP contribution in [0.3, 0.4) is 0 Å². The second-order valence-electron chi connectivity index (χ2n) is 5.58. The van der Waals surface area contributed by atoms with Gasteiger partial charge in [0.05, 0.1) is 0 Å². The molecule has 0 radical (unpaired) electrons. The molecule has 0 saturated heterocycles. The van der Waals surface area contributed by atoms with Gasteiger partial charge in [0.1, 0.15) is 5.82 Å². The fourth-order valence-corrected chi connectivity index (χ4v) is 2.86. The van der Waals surface area contributed by atoms with E-state index in [2.05, 4.69) is 27.8 Å². The molecule has 1 fully saturated rings. The number of nitrogens with zero attached hydrogens (tertiary/aromatic N) is 2. The minimum atomic E-state index is -0.174. The Kier molecular flexibility index (Phi) is 4.93. The number of carbonyl (C=O) groups is 1. The lowest BCUT2D eigenvalue weighted by Gasteiger charge is -2.27. The van der Waals surface area contributed by atoms with Crippen LogP contribution in [0.2, 0.25) is 0 Å². The maximum atomic E-state index is 11.6. The van der Waals surface area contributed by atoms with Crippen molar-refractivity contribution in [1.82, 2.24) is 15.5 Å². The van der Waals surface area contributed by atoms with Crippen molar-refractivity contribution in [2.24, 2.45) is 5.41 Å². The van der Waals surface area contributed by atoms with Crippen molar-refractivity contribution in [1.29, 1.82) is 0 Å². The molecule has 1 aliphatic rings. The van der Waals surface area contributed by atoms with Gasteiger partial charge in [0.15, 0.2) is 5.69 Å². The highest BCUT2D eigenvalue weighted by Gasteiger charge is 2.31.